The lowest BCUT2D eigenvalue weighted by molar-refractivity contribution is 0.0996. The monoisotopic (exact) mass is 382 g/mol. The van der Waals surface area contributed by atoms with Gasteiger partial charge >= 0.3 is 0 Å². The van der Waals surface area contributed by atoms with Gasteiger partial charge in [0.1, 0.15) is 4.88 Å². The molecule has 0 N–H and O–H groups in total. The van der Waals surface area contributed by atoms with Gasteiger partial charge in [0.05, 0.1) is 24.9 Å². The number of rotatable bonds is 6. The molecule has 0 unspecified atom stereocenters. The SMILES string of the molecule is COc1ccc(N(C)C(=O)c2sc(Cc3ccccc3)nc2C)cc1OC. The minimum atomic E-state index is -0.0865. The fourth-order valence-electron chi connectivity index (χ4n) is 2.80. The molecule has 0 saturated carbocycles. The van der Waals surface area contributed by atoms with E-state index in [9.17, 15) is 4.79 Å². The first-order chi connectivity index (χ1) is 13.0. The van der Waals surface area contributed by atoms with E-state index in [1.165, 1.54) is 16.9 Å². The second kappa shape index (κ2) is 8.22. The molecule has 1 amide bonds. The van der Waals surface area contributed by atoms with Crippen LogP contribution in [0.4, 0.5) is 5.69 Å². The highest BCUT2D eigenvalue weighted by Gasteiger charge is 2.21. The van der Waals surface area contributed by atoms with Gasteiger partial charge in [-0.25, -0.2) is 4.98 Å². The summed E-state index contributed by atoms with van der Waals surface area (Å²) in [6.45, 7) is 1.88. The predicted octanol–water partition coefficient (Wildman–Crippen LogP) is 4.34. The second-order valence-corrected chi connectivity index (χ2v) is 7.17. The Bertz CT molecular complexity index is 938. The lowest BCUT2D eigenvalue weighted by Gasteiger charge is -2.18. The molecule has 5 nitrogen and oxygen atoms in total. The lowest BCUT2D eigenvalue weighted by Crippen LogP contribution is -2.26. The van der Waals surface area contributed by atoms with Crippen LogP contribution in [0.2, 0.25) is 0 Å². The van der Waals surface area contributed by atoms with Crippen LogP contribution in [0.1, 0.15) is 25.9 Å². The van der Waals surface area contributed by atoms with E-state index in [1.807, 2.05) is 31.2 Å². The molecule has 1 heterocycles. The van der Waals surface area contributed by atoms with Gasteiger partial charge in [0.25, 0.3) is 5.91 Å². The summed E-state index contributed by atoms with van der Waals surface area (Å²) < 4.78 is 10.6. The first kappa shape index (κ1) is 18.9. The molecule has 27 heavy (non-hydrogen) atoms. The van der Waals surface area contributed by atoms with Gasteiger partial charge in [-0.1, -0.05) is 30.3 Å². The summed E-state index contributed by atoms with van der Waals surface area (Å²) >= 11 is 1.44. The number of carbonyl (C=O) groups is 1. The Labute approximate surface area is 163 Å². The summed E-state index contributed by atoms with van der Waals surface area (Å²) in [6, 6.07) is 15.5. The molecule has 0 fully saturated rings. The molecule has 0 saturated heterocycles. The van der Waals surface area contributed by atoms with Gasteiger partial charge < -0.3 is 14.4 Å². The quantitative estimate of drug-likeness (QED) is 0.636. The summed E-state index contributed by atoms with van der Waals surface area (Å²) in [4.78, 5) is 19.9. The van der Waals surface area contributed by atoms with Gasteiger partial charge in [-0.05, 0) is 24.6 Å². The van der Waals surface area contributed by atoms with Crippen LogP contribution in [0, 0.1) is 6.92 Å². The van der Waals surface area contributed by atoms with Crippen molar-refractivity contribution in [2.75, 3.05) is 26.2 Å². The minimum absolute atomic E-state index is 0.0865. The number of nitrogens with zero attached hydrogens (tertiary/aromatic N) is 2. The first-order valence-corrected chi connectivity index (χ1v) is 9.35. The van der Waals surface area contributed by atoms with Crippen molar-refractivity contribution in [2.45, 2.75) is 13.3 Å². The zero-order valence-corrected chi connectivity index (χ0v) is 16.7. The summed E-state index contributed by atoms with van der Waals surface area (Å²) in [5.41, 5.74) is 2.66. The largest absolute Gasteiger partial charge is 0.493 e. The second-order valence-electron chi connectivity index (χ2n) is 6.09. The third kappa shape index (κ3) is 4.11. The van der Waals surface area contributed by atoms with E-state index in [4.69, 9.17) is 9.47 Å². The number of methoxy groups -OCH3 is 2. The van der Waals surface area contributed by atoms with Crippen molar-refractivity contribution in [3.63, 3.8) is 0 Å². The Morgan fingerprint density at radius 2 is 1.78 bits per heavy atom. The van der Waals surface area contributed by atoms with Gasteiger partial charge in [-0.3, -0.25) is 4.79 Å². The van der Waals surface area contributed by atoms with Crippen molar-refractivity contribution < 1.29 is 14.3 Å². The van der Waals surface area contributed by atoms with Crippen molar-refractivity contribution in [1.82, 2.24) is 4.98 Å². The number of aryl methyl sites for hydroxylation is 1. The molecular weight excluding hydrogens is 360 g/mol. The maximum absolute atomic E-state index is 13.0. The van der Waals surface area contributed by atoms with E-state index in [-0.39, 0.29) is 5.91 Å². The van der Waals surface area contributed by atoms with Crippen LogP contribution >= 0.6 is 11.3 Å². The number of carbonyl (C=O) groups excluding carboxylic acids is 1. The Kier molecular flexibility index (Phi) is 5.76. The third-order valence-electron chi connectivity index (χ3n) is 4.29. The average molecular weight is 382 g/mol. The fourth-order valence-corrected chi connectivity index (χ4v) is 3.87. The summed E-state index contributed by atoms with van der Waals surface area (Å²) in [7, 11) is 4.91. The van der Waals surface area contributed by atoms with Gasteiger partial charge in [-0.15, -0.1) is 11.3 Å². The number of thiazole rings is 1. The predicted molar refractivity (Wildman–Crippen MR) is 108 cm³/mol. The van der Waals surface area contributed by atoms with Crippen LogP contribution in [0.3, 0.4) is 0 Å². The number of hydrogen-bond acceptors (Lipinski definition) is 5. The van der Waals surface area contributed by atoms with Crippen LogP contribution in [0.5, 0.6) is 11.5 Å². The molecule has 0 bridgehead atoms. The molecule has 0 spiro atoms. The van der Waals surface area contributed by atoms with E-state index in [0.29, 0.717) is 16.4 Å². The van der Waals surface area contributed by atoms with E-state index in [0.717, 1.165) is 22.8 Å². The minimum Gasteiger partial charge on any atom is -0.493 e. The number of amides is 1. The average Bonchev–Trinajstić information content (AvgIpc) is 3.06. The van der Waals surface area contributed by atoms with Crippen molar-refractivity contribution in [3.8, 4) is 11.5 Å². The number of hydrogen-bond donors (Lipinski definition) is 0. The summed E-state index contributed by atoms with van der Waals surface area (Å²) in [5.74, 6) is 1.12. The number of benzene rings is 2. The highest BCUT2D eigenvalue weighted by atomic mass is 32.1. The van der Waals surface area contributed by atoms with Crippen LogP contribution in [0.15, 0.2) is 48.5 Å². The Balaban J connectivity index is 1.83. The smallest absolute Gasteiger partial charge is 0.270 e. The molecule has 0 radical (unpaired) electrons. The number of aromatic nitrogens is 1. The van der Waals surface area contributed by atoms with Gasteiger partial charge in [-0.2, -0.15) is 0 Å². The molecule has 3 rings (SSSR count). The van der Waals surface area contributed by atoms with Crippen molar-refractivity contribution in [1.29, 1.82) is 0 Å². The maximum Gasteiger partial charge on any atom is 0.270 e. The highest BCUT2D eigenvalue weighted by molar-refractivity contribution is 7.14. The summed E-state index contributed by atoms with van der Waals surface area (Å²) in [6.07, 6.45) is 0.722. The highest BCUT2D eigenvalue weighted by Crippen LogP contribution is 2.32. The van der Waals surface area contributed by atoms with Gasteiger partial charge in [0.2, 0.25) is 0 Å². The topological polar surface area (TPSA) is 51.7 Å². The first-order valence-electron chi connectivity index (χ1n) is 8.53. The zero-order chi connectivity index (χ0) is 19.4. The molecule has 0 aliphatic heterocycles. The molecule has 0 aliphatic carbocycles. The zero-order valence-electron chi connectivity index (χ0n) is 15.9. The third-order valence-corrected chi connectivity index (χ3v) is 5.44. The molecule has 140 valence electrons. The molecular formula is C21H22N2O3S. The van der Waals surface area contributed by atoms with Crippen molar-refractivity contribution in [2.24, 2.45) is 0 Å². The van der Waals surface area contributed by atoms with Crippen LogP contribution in [-0.4, -0.2) is 32.2 Å². The van der Waals surface area contributed by atoms with Crippen LogP contribution < -0.4 is 14.4 Å². The fraction of sp³-hybridized carbons (Fsp3) is 0.238. The normalized spacial score (nSPS) is 10.5. The van der Waals surface area contributed by atoms with E-state index >= 15 is 0 Å². The van der Waals surface area contributed by atoms with E-state index in [1.54, 1.807) is 38.3 Å². The van der Waals surface area contributed by atoms with E-state index < -0.39 is 0 Å². The molecule has 0 atom stereocenters. The molecule has 3 aromatic rings. The Morgan fingerprint density at radius 3 is 2.44 bits per heavy atom. The Hall–Kier alpha value is -2.86. The number of anilines is 1. The molecule has 1 aromatic heterocycles. The lowest BCUT2D eigenvalue weighted by atomic mass is 10.2. The van der Waals surface area contributed by atoms with Gasteiger partial charge in [0, 0.05) is 25.2 Å². The summed E-state index contributed by atoms with van der Waals surface area (Å²) in [5, 5.41) is 0.933. The van der Waals surface area contributed by atoms with Crippen molar-refractivity contribution >= 4 is 22.9 Å². The van der Waals surface area contributed by atoms with Crippen LogP contribution in [0.25, 0.3) is 0 Å². The molecule has 0 aliphatic rings. The van der Waals surface area contributed by atoms with Crippen LogP contribution in [-0.2, 0) is 6.42 Å². The Morgan fingerprint density at radius 1 is 1.07 bits per heavy atom. The maximum atomic E-state index is 13.0. The standard InChI is InChI=1S/C21H22N2O3S/c1-14-20(27-19(22-14)12-15-8-6-5-7-9-15)21(24)23(2)16-10-11-17(25-3)18(13-16)26-4/h5-11,13H,12H2,1-4H3. The molecule has 2 aromatic carbocycles. The van der Waals surface area contributed by atoms with Crippen molar-refractivity contribution in [3.05, 3.63) is 69.7 Å². The van der Waals surface area contributed by atoms with E-state index in [2.05, 4.69) is 17.1 Å². The number of ether oxygens (including phenoxy) is 2. The molecule has 6 heteroatoms. The van der Waals surface area contributed by atoms with Gasteiger partial charge in [0.15, 0.2) is 11.5 Å².